The van der Waals surface area contributed by atoms with Gasteiger partial charge in [0.05, 0.1) is 16.5 Å². The van der Waals surface area contributed by atoms with Gasteiger partial charge in [-0.15, -0.1) is 11.3 Å². The number of nitrogens with zero attached hydrogens (tertiary/aromatic N) is 1. The summed E-state index contributed by atoms with van der Waals surface area (Å²) in [5.41, 5.74) is 0.461. The van der Waals surface area contributed by atoms with Crippen LogP contribution in [0.25, 0.3) is 0 Å². The van der Waals surface area contributed by atoms with Crippen LogP contribution in [0.4, 0.5) is 0 Å². The predicted octanol–water partition coefficient (Wildman–Crippen LogP) is 2.90. The van der Waals surface area contributed by atoms with E-state index in [2.05, 4.69) is 10.2 Å². The molecule has 2 heterocycles. The molecule has 1 saturated heterocycles. The SMILES string of the molecule is COCCN1CCC[C@H]1CNC(=O)c1cc(Cl)sc1Cl. The van der Waals surface area contributed by atoms with Gasteiger partial charge in [-0.25, -0.2) is 0 Å². The van der Waals surface area contributed by atoms with E-state index in [1.807, 2.05) is 0 Å². The maximum Gasteiger partial charge on any atom is 0.253 e. The van der Waals surface area contributed by atoms with E-state index >= 15 is 0 Å². The van der Waals surface area contributed by atoms with Crippen LogP contribution in [-0.2, 0) is 4.74 Å². The summed E-state index contributed by atoms with van der Waals surface area (Å²) in [6.07, 6.45) is 2.26. The van der Waals surface area contributed by atoms with Crippen LogP contribution in [0, 0.1) is 0 Å². The molecule has 0 aromatic carbocycles. The van der Waals surface area contributed by atoms with Crippen molar-refractivity contribution in [1.29, 1.82) is 0 Å². The number of ether oxygens (including phenoxy) is 1. The topological polar surface area (TPSA) is 41.6 Å². The molecule has 0 spiro atoms. The van der Waals surface area contributed by atoms with E-state index in [0.717, 1.165) is 32.5 Å². The minimum absolute atomic E-state index is 0.156. The number of carbonyl (C=O) groups is 1. The minimum atomic E-state index is -0.156. The van der Waals surface area contributed by atoms with Crippen LogP contribution in [0.1, 0.15) is 23.2 Å². The zero-order chi connectivity index (χ0) is 14.5. The van der Waals surface area contributed by atoms with E-state index in [4.69, 9.17) is 27.9 Å². The average molecular weight is 337 g/mol. The summed E-state index contributed by atoms with van der Waals surface area (Å²) in [5.74, 6) is -0.156. The molecule has 0 unspecified atom stereocenters. The lowest BCUT2D eigenvalue weighted by atomic mass is 10.2. The first-order valence-corrected chi connectivity index (χ1v) is 8.15. The van der Waals surface area contributed by atoms with Crippen LogP contribution >= 0.6 is 34.5 Å². The van der Waals surface area contributed by atoms with Crippen molar-refractivity contribution < 1.29 is 9.53 Å². The summed E-state index contributed by atoms with van der Waals surface area (Å²) >= 11 is 13.0. The second-order valence-corrected chi connectivity index (χ2v) is 7.06. The number of nitrogens with one attached hydrogen (secondary N) is 1. The van der Waals surface area contributed by atoms with E-state index < -0.39 is 0 Å². The Morgan fingerprint density at radius 2 is 2.40 bits per heavy atom. The van der Waals surface area contributed by atoms with E-state index in [1.165, 1.54) is 11.3 Å². The molecular weight excluding hydrogens is 319 g/mol. The number of methoxy groups -OCH3 is 1. The number of carbonyl (C=O) groups excluding carboxylic acids is 1. The molecule has 1 amide bonds. The first-order chi connectivity index (χ1) is 9.61. The van der Waals surface area contributed by atoms with Crippen LogP contribution in [0.5, 0.6) is 0 Å². The fourth-order valence-corrected chi connectivity index (χ4v) is 3.89. The van der Waals surface area contributed by atoms with Crippen LogP contribution in [0.2, 0.25) is 8.67 Å². The Bertz CT molecular complexity index is 467. The van der Waals surface area contributed by atoms with Gasteiger partial charge in [-0.3, -0.25) is 9.69 Å². The molecule has 20 heavy (non-hydrogen) atoms. The van der Waals surface area contributed by atoms with Gasteiger partial charge in [0.2, 0.25) is 0 Å². The van der Waals surface area contributed by atoms with Crippen molar-refractivity contribution in [2.75, 3.05) is 33.4 Å². The number of thiophene rings is 1. The summed E-state index contributed by atoms with van der Waals surface area (Å²) in [6.45, 7) is 3.32. The number of hydrogen-bond acceptors (Lipinski definition) is 4. The van der Waals surface area contributed by atoms with Crippen molar-refractivity contribution >= 4 is 40.4 Å². The Morgan fingerprint density at radius 1 is 1.60 bits per heavy atom. The molecule has 2 rings (SSSR count). The van der Waals surface area contributed by atoms with Gasteiger partial charge in [-0.2, -0.15) is 0 Å². The van der Waals surface area contributed by atoms with Gasteiger partial charge in [0.1, 0.15) is 4.34 Å². The van der Waals surface area contributed by atoms with Crippen LogP contribution in [-0.4, -0.2) is 50.2 Å². The fourth-order valence-electron chi connectivity index (χ4n) is 2.43. The Kier molecular flexibility index (Phi) is 6.11. The van der Waals surface area contributed by atoms with E-state index in [9.17, 15) is 4.79 Å². The van der Waals surface area contributed by atoms with E-state index in [-0.39, 0.29) is 5.91 Å². The Balaban J connectivity index is 1.85. The number of amides is 1. The summed E-state index contributed by atoms with van der Waals surface area (Å²) < 4.78 is 6.08. The Hall–Kier alpha value is -0.330. The Labute approximate surface area is 133 Å². The molecule has 1 aromatic rings. The third-order valence-electron chi connectivity index (χ3n) is 3.48. The number of hydrogen-bond donors (Lipinski definition) is 1. The zero-order valence-corrected chi connectivity index (χ0v) is 13.7. The highest BCUT2D eigenvalue weighted by Gasteiger charge is 2.25. The van der Waals surface area contributed by atoms with Gasteiger partial charge < -0.3 is 10.1 Å². The third-order valence-corrected chi connectivity index (χ3v) is 4.97. The second kappa shape index (κ2) is 7.61. The molecule has 0 saturated carbocycles. The standard InChI is InChI=1S/C13H18Cl2N2O2S/c1-19-6-5-17-4-2-3-9(17)8-16-13(18)10-7-11(14)20-12(10)15/h7,9H,2-6,8H2,1H3,(H,16,18)/t9-/m0/s1. The van der Waals surface area contributed by atoms with Crippen LogP contribution in [0.3, 0.4) is 0 Å². The summed E-state index contributed by atoms with van der Waals surface area (Å²) in [5, 5.41) is 2.94. The normalized spacial score (nSPS) is 19.4. The minimum Gasteiger partial charge on any atom is -0.383 e. The van der Waals surface area contributed by atoms with Crippen molar-refractivity contribution in [3.05, 3.63) is 20.3 Å². The second-order valence-electron chi connectivity index (χ2n) is 4.77. The lowest BCUT2D eigenvalue weighted by molar-refractivity contribution is 0.0933. The van der Waals surface area contributed by atoms with Gasteiger partial charge in [0, 0.05) is 26.2 Å². The predicted molar refractivity (Wildman–Crippen MR) is 83.1 cm³/mol. The van der Waals surface area contributed by atoms with Crippen LogP contribution in [0.15, 0.2) is 6.07 Å². The van der Waals surface area contributed by atoms with E-state index in [1.54, 1.807) is 13.2 Å². The monoisotopic (exact) mass is 336 g/mol. The van der Waals surface area contributed by atoms with Crippen molar-refractivity contribution in [2.45, 2.75) is 18.9 Å². The van der Waals surface area contributed by atoms with E-state index in [0.29, 0.717) is 26.8 Å². The Morgan fingerprint density at radius 3 is 3.05 bits per heavy atom. The lowest BCUT2D eigenvalue weighted by Gasteiger charge is -2.24. The van der Waals surface area contributed by atoms with Gasteiger partial charge in [0.25, 0.3) is 5.91 Å². The van der Waals surface area contributed by atoms with Crippen molar-refractivity contribution in [1.82, 2.24) is 10.2 Å². The number of rotatable bonds is 6. The molecule has 1 N–H and O–H groups in total. The smallest absolute Gasteiger partial charge is 0.253 e. The molecule has 112 valence electrons. The molecule has 0 aliphatic carbocycles. The molecule has 1 atom stereocenters. The average Bonchev–Trinajstić information content (AvgIpc) is 2.99. The highest BCUT2D eigenvalue weighted by Crippen LogP contribution is 2.31. The van der Waals surface area contributed by atoms with Gasteiger partial charge in [-0.1, -0.05) is 23.2 Å². The number of likely N-dealkylation sites (tertiary alicyclic amines) is 1. The fraction of sp³-hybridized carbons (Fsp3) is 0.615. The van der Waals surface area contributed by atoms with Gasteiger partial charge in [0.15, 0.2) is 0 Å². The number of halogens is 2. The summed E-state index contributed by atoms with van der Waals surface area (Å²) in [6, 6.07) is 1.99. The van der Waals surface area contributed by atoms with Crippen molar-refractivity contribution in [3.63, 3.8) is 0 Å². The first-order valence-electron chi connectivity index (χ1n) is 6.58. The van der Waals surface area contributed by atoms with Gasteiger partial charge >= 0.3 is 0 Å². The van der Waals surface area contributed by atoms with Crippen molar-refractivity contribution in [2.24, 2.45) is 0 Å². The highest BCUT2D eigenvalue weighted by atomic mass is 35.5. The maximum absolute atomic E-state index is 12.1. The molecule has 4 nitrogen and oxygen atoms in total. The molecule has 1 aliphatic heterocycles. The quantitative estimate of drug-likeness (QED) is 0.868. The zero-order valence-electron chi connectivity index (χ0n) is 11.3. The van der Waals surface area contributed by atoms with Gasteiger partial charge in [-0.05, 0) is 25.5 Å². The summed E-state index contributed by atoms with van der Waals surface area (Å²) in [4.78, 5) is 14.4. The highest BCUT2D eigenvalue weighted by molar-refractivity contribution is 7.20. The molecule has 7 heteroatoms. The summed E-state index contributed by atoms with van der Waals surface area (Å²) in [7, 11) is 1.70. The molecule has 1 aromatic heterocycles. The molecule has 1 fully saturated rings. The molecule has 0 radical (unpaired) electrons. The molecule has 1 aliphatic rings. The van der Waals surface area contributed by atoms with Crippen LogP contribution < -0.4 is 5.32 Å². The molecule has 0 bridgehead atoms. The third kappa shape index (κ3) is 4.09. The maximum atomic E-state index is 12.1. The lowest BCUT2D eigenvalue weighted by Crippen LogP contribution is -2.41. The largest absolute Gasteiger partial charge is 0.383 e. The molecular formula is C13H18Cl2N2O2S. The first kappa shape index (κ1) is 16.0. The van der Waals surface area contributed by atoms with Crippen molar-refractivity contribution in [3.8, 4) is 0 Å².